The third-order valence-corrected chi connectivity index (χ3v) is 3.29. The van der Waals surface area contributed by atoms with Crippen LogP contribution < -0.4 is 10.1 Å². The lowest BCUT2D eigenvalue weighted by Crippen LogP contribution is -2.40. The van der Waals surface area contributed by atoms with Crippen molar-refractivity contribution in [3.63, 3.8) is 0 Å². The van der Waals surface area contributed by atoms with Gasteiger partial charge in [0.25, 0.3) is 0 Å². The number of nitriles is 1. The number of nitrogens with zero attached hydrogens (tertiary/aromatic N) is 1. The van der Waals surface area contributed by atoms with E-state index in [0.717, 1.165) is 6.42 Å². The van der Waals surface area contributed by atoms with Gasteiger partial charge in [-0.05, 0) is 36.6 Å². The van der Waals surface area contributed by atoms with Crippen molar-refractivity contribution in [3.05, 3.63) is 29.8 Å². The standard InChI is InChI=1S/C16H24N2O2/c1-4-16(12(2)3)18-10-14(19)11-20-15-7-5-13(9-17)6-8-15/h5-8,12,14,16,18-19H,4,10-11H2,1-3H3. The van der Waals surface area contributed by atoms with Crippen LogP contribution in [-0.2, 0) is 0 Å². The largest absolute Gasteiger partial charge is 0.491 e. The molecule has 2 unspecified atom stereocenters. The maximum absolute atomic E-state index is 9.90. The molecular formula is C16H24N2O2. The van der Waals surface area contributed by atoms with Gasteiger partial charge in [0.1, 0.15) is 18.5 Å². The molecule has 0 amide bonds. The average Bonchev–Trinajstić information content (AvgIpc) is 2.46. The second-order valence-electron chi connectivity index (χ2n) is 5.27. The third-order valence-electron chi connectivity index (χ3n) is 3.29. The Morgan fingerprint density at radius 3 is 2.45 bits per heavy atom. The SMILES string of the molecule is CCC(NCC(O)COc1ccc(C#N)cc1)C(C)C. The summed E-state index contributed by atoms with van der Waals surface area (Å²) in [6.07, 6.45) is 0.499. The van der Waals surface area contributed by atoms with E-state index in [0.29, 0.717) is 29.8 Å². The van der Waals surface area contributed by atoms with Gasteiger partial charge >= 0.3 is 0 Å². The van der Waals surface area contributed by atoms with Crippen molar-refractivity contribution in [3.8, 4) is 11.8 Å². The van der Waals surface area contributed by atoms with E-state index in [4.69, 9.17) is 10.00 Å². The molecule has 0 fully saturated rings. The van der Waals surface area contributed by atoms with Crippen LogP contribution in [-0.4, -0.2) is 30.4 Å². The molecule has 20 heavy (non-hydrogen) atoms. The second-order valence-corrected chi connectivity index (χ2v) is 5.27. The molecule has 0 aliphatic carbocycles. The third kappa shape index (κ3) is 5.60. The highest BCUT2D eigenvalue weighted by Gasteiger charge is 2.12. The fourth-order valence-corrected chi connectivity index (χ4v) is 2.02. The van der Waals surface area contributed by atoms with Crippen LogP contribution in [0.15, 0.2) is 24.3 Å². The zero-order chi connectivity index (χ0) is 15.0. The van der Waals surface area contributed by atoms with Crippen LogP contribution in [0.3, 0.4) is 0 Å². The molecule has 2 atom stereocenters. The van der Waals surface area contributed by atoms with Crippen molar-refractivity contribution in [2.24, 2.45) is 5.92 Å². The summed E-state index contributed by atoms with van der Waals surface area (Å²) in [5.74, 6) is 1.21. The van der Waals surface area contributed by atoms with Gasteiger partial charge < -0.3 is 15.2 Å². The number of benzene rings is 1. The van der Waals surface area contributed by atoms with Gasteiger partial charge in [0.2, 0.25) is 0 Å². The highest BCUT2D eigenvalue weighted by Crippen LogP contribution is 2.12. The molecule has 4 heteroatoms. The minimum Gasteiger partial charge on any atom is -0.491 e. The minimum absolute atomic E-state index is 0.243. The molecule has 1 aromatic carbocycles. The van der Waals surface area contributed by atoms with Crippen molar-refractivity contribution < 1.29 is 9.84 Å². The number of rotatable bonds is 8. The van der Waals surface area contributed by atoms with Crippen molar-refractivity contribution in [1.29, 1.82) is 5.26 Å². The zero-order valence-electron chi connectivity index (χ0n) is 12.5. The summed E-state index contributed by atoms with van der Waals surface area (Å²) in [6.45, 7) is 7.24. The molecule has 1 aromatic rings. The summed E-state index contributed by atoms with van der Waals surface area (Å²) in [7, 11) is 0. The predicted molar refractivity (Wildman–Crippen MR) is 79.6 cm³/mol. The first-order chi connectivity index (χ1) is 9.56. The smallest absolute Gasteiger partial charge is 0.119 e. The summed E-state index contributed by atoms with van der Waals surface area (Å²) in [5.41, 5.74) is 0.599. The topological polar surface area (TPSA) is 65.3 Å². The first-order valence-electron chi connectivity index (χ1n) is 7.11. The van der Waals surface area contributed by atoms with Crippen LogP contribution >= 0.6 is 0 Å². The second kappa shape index (κ2) is 8.57. The Kier molecular flexibility index (Phi) is 7.06. The Labute approximate surface area is 121 Å². The Balaban J connectivity index is 2.32. The molecule has 0 aliphatic heterocycles. The van der Waals surface area contributed by atoms with E-state index in [1.807, 2.05) is 0 Å². The summed E-state index contributed by atoms with van der Waals surface area (Å²) < 4.78 is 5.49. The normalized spacial score (nSPS) is 13.8. The van der Waals surface area contributed by atoms with Gasteiger partial charge in [-0.15, -0.1) is 0 Å². The van der Waals surface area contributed by atoms with Crippen molar-refractivity contribution in [2.75, 3.05) is 13.2 Å². The number of hydrogen-bond acceptors (Lipinski definition) is 4. The van der Waals surface area contributed by atoms with Crippen LogP contribution in [0, 0.1) is 17.2 Å². The van der Waals surface area contributed by atoms with Crippen molar-refractivity contribution in [1.82, 2.24) is 5.32 Å². The number of nitrogens with one attached hydrogen (secondary N) is 1. The Morgan fingerprint density at radius 1 is 1.30 bits per heavy atom. The fourth-order valence-electron chi connectivity index (χ4n) is 2.02. The van der Waals surface area contributed by atoms with E-state index >= 15 is 0 Å². The predicted octanol–water partition coefficient (Wildman–Crippen LogP) is 2.32. The van der Waals surface area contributed by atoms with Crippen LogP contribution in [0.4, 0.5) is 0 Å². The lowest BCUT2D eigenvalue weighted by molar-refractivity contribution is 0.101. The van der Waals surface area contributed by atoms with Gasteiger partial charge in [-0.3, -0.25) is 0 Å². The Morgan fingerprint density at radius 2 is 1.95 bits per heavy atom. The van der Waals surface area contributed by atoms with Crippen LogP contribution in [0.5, 0.6) is 5.75 Å². The molecule has 2 N–H and O–H groups in total. The van der Waals surface area contributed by atoms with E-state index in [-0.39, 0.29) is 6.61 Å². The maximum Gasteiger partial charge on any atom is 0.119 e. The highest BCUT2D eigenvalue weighted by atomic mass is 16.5. The molecule has 4 nitrogen and oxygen atoms in total. The molecule has 0 aromatic heterocycles. The molecule has 0 radical (unpaired) electrons. The van der Waals surface area contributed by atoms with E-state index in [9.17, 15) is 5.11 Å². The average molecular weight is 276 g/mol. The lowest BCUT2D eigenvalue weighted by Gasteiger charge is -2.22. The molecule has 0 saturated carbocycles. The first-order valence-corrected chi connectivity index (χ1v) is 7.11. The van der Waals surface area contributed by atoms with E-state index in [1.165, 1.54) is 0 Å². The quantitative estimate of drug-likeness (QED) is 0.765. The molecule has 0 heterocycles. The van der Waals surface area contributed by atoms with Crippen LogP contribution in [0.2, 0.25) is 0 Å². The molecule has 0 saturated heterocycles. The lowest BCUT2D eigenvalue weighted by atomic mass is 10.0. The number of ether oxygens (including phenoxy) is 1. The summed E-state index contributed by atoms with van der Waals surface area (Å²) in [5, 5.41) is 21.9. The summed E-state index contributed by atoms with van der Waals surface area (Å²) in [6, 6.07) is 9.35. The van der Waals surface area contributed by atoms with Crippen molar-refractivity contribution in [2.45, 2.75) is 39.3 Å². The van der Waals surface area contributed by atoms with E-state index in [2.05, 4.69) is 32.2 Å². The van der Waals surface area contributed by atoms with Crippen LogP contribution in [0.1, 0.15) is 32.8 Å². The van der Waals surface area contributed by atoms with Gasteiger partial charge in [-0.2, -0.15) is 5.26 Å². The van der Waals surface area contributed by atoms with Gasteiger partial charge in [0, 0.05) is 12.6 Å². The Hall–Kier alpha value is -1.57. The maximum atomic E-state index is 9.90. The summed E-state index contributed by atoms with van der Waals surface area (Å²) >= 11 is 0. The minimum atomic E-state index is -0.543. The molecule has 110 valence electrons. The number of hydrogen-bond donors (Lipinski definition) is 2. The number of aliphatic hydroxyl groups is 1. The monoisotopic (exact) mass is 276 g/mol. The first kappa shape index (κ1) is 16.5. The van der Waals surface area contributed by atoms with Gasteiger partial charge in [-0.1, -0.05) is 20.8 Å². The van der Waals surface area contributed by atoms with E-state index < -0.39 is 6.10 Å². The molecule has 1 rings (SSSR count). The molecule has 0 bridgehead atoms. The van der Waals surface area contributed by atoms with E-state index in [1.54, 1.807) is 24.3 Å². The molecular weight excluding hydrogens is 252 g/mol. The fraction of sp³-hybridized carbons (Fsp3) is 0.562. The van der Waals surface area contributed by atoms with Gasteiger partial charge in [0.15, 0.2) is 0 Å². The molecule has 0 aliphatic rings. The van der Waals surface area contributed by atoms with Crippen molar-refractivity contribution >= 4 is 0 Å². The van der Waals surface area contributed by atoms with Crippen LogP contribution in [0.25, 0.3) is 0 Å². The van der Waals surface area contributed by atoms with Gasteiger partial charge in [0.05, 0.1) is 11.6 Å². The summed E-state index contributed by atoms with van der Waals surface area (Å²) in [4.78, 5) is 0. The van der Waals surface area contributed by atoms with Gasteiger partial charge in [-0.25, -0.2) is 0 Å². The Bertz CT molecular complexity index is 423. The number of aliphatic hydroxyl groups excluding tert-OH is 1. The molecule has 0 spiro atoms. The zero-order valence-corrected chi connectivity index (χ0v) is 12.5. The highest BCUT2D eigenvalue weighted by molar-refractivity contribution is 5.34.